The van der Waals surface area contributed by atoms with Gasteiger partial charge in [0, 0.05) is 26.2 Å². The van der Waals surface area contributed by atoms with Crippen LogP contribution >= 0.6 is 0 Å². The smallest absolute Gasteiger partial charge is 0.157 e. The average molecular weight is 380 g/mol. The lowest BCUT2D eigenvalue weighted by molar-refractivity contribution is -0.164. The lowest BCUT2D eigenvalue weighted by Gasteiger charge is -2.27. The molecule has 1 unspecified atom stereocenters. The Hall–Kier alpha value is -2.23. The number of aliphatic hydroxyl groups is 1. The van der Waals surface area contributed by atoms with Gasteiger partial charge in [0.1, 0.15) is 0 Å². The first-order valence-electron chi connectivity index (χ1n) is 9.92. The van der Waals surface area contributed by atoms with Crippen molar-refractivity contribution in [3.63, 3.8) is 0 Å². The summed E-state index contributed by atoms with van der Waals surface area (Å²) in [6, 6.07) is 19.4. The number of nitrogens with zero attached hydrogens (tertiary/aromatic N) is 2. The zero-order valence-electron chi connectivity index (χ0n) is 16.2. The average Bonchev–Trinajstić information content (AvgIpc) is 2.75. The van der Waals surface area contributed by atoms with Gasteiger partial charge in [-0.1, -0.05) is 42.5 Å². The first-order chi connectivity index (χ1) is 13.7. The molecule has 0 saturated carbocycles. The quantitative estimate of drug-likeness (QED) is 0.719. The number of rotatable bonds is 9. The molecule has 5 nitrogen and oxygen atoms in total. The lowest BCUT2D eigenvalue weighted by Crippen LogP contribution is -2.33. The minimum atomic E-state index is -0.623. The Morgan fingerprint density at radius 3 is 2.61 bits per heavy atom. The van der Waals surface area contributed by atoms with Crippen LogP contribution in [-0.2, 0) is 16.0 Å². The van der Waals surface area contributed by atoms with Crippen LogP contribution in [0.1, 0.15) is 42.1 Å². The summed E-state index contributed by atoms with van der Waals surface area (Å²) in [5.41, 5.74) is 2.61. The Labute approximate surface area is 167 Å². The van der Waals surface area contributed by atoms with E-state index in [0.717, 1.165) is 38.0 Å². The van der Waals surface area contributed by atoms with Gasteiger partial charge >= 0.3 is 0 Å². The summed E-state index contributed by atoms with van der Waals surface area (Å²) in [4.78, 5) is 2.20. The van der Waals surface area contributed by atoms with E-state index in [0.29, 0.717) is 25.3 Å². The summed E-state index contributed by atoms with van der Waals surface area (Å²) < 4.78 is 11.5. The second-order valence-corrected chi connectivity index (χ2v) is 7.14. The van der Waals surface area contributed by atoms with Gasteiger partial charge in [-0.3, -0.25) is 4.90 Å². The van der Waals surface area contributed by atoms with Gasteiger partial charge in [0.05, 0.1) is 24.3 Å². The Kier molecular flexibility index (Phi) is 8.01. The predicted molar refractivity (Wildman–Crippen MR) is 107 cm³/mol. The largest absolute Gasteiger partial charge is 0.387 e. The van der Waals surface area contributed by atoms with Gasteiger partial charge in [0.25, 0.3) is 0 Å². The molecular formula is C23H28N2O3. The van der Waals surface area contributed by atoms with E-state index in [1.165, 1.54) is 5.56 Å². The fourth-order valence-corrected chi connectivity index (χ4v) is 3.36. The second kappa shape index (κ2) is 10.9. The molecule has 0 spiro atoms. The van der Waals surface area contributed by atoms with Gasteiger partial charge < -0.3 is 14.6 Å². The molecule has 1 N–H and O–H groups in total. The molecule has 1 fully saturated rings. The molecular weight excluding hydrogens is 352 g/mol. The van der Waals surface area contributed by atoms with E-state index in [-0.39, 0.29) is 6.29 Å². The van der Waals surface area contributed by atoms with Crippen LogP contribution in [0.5, 0.6) is 0 Å². The summed E-state index contributed by atoms with van der Waals surface area (Å²) in [5, 5.41) is 19.6. The third-order valence-electron chi connectivity index (χ3n) is 4.95. The summed E-state index contributed by atoms with van der Waals surface area (Å²) in [6.07, 6.45) is 2.48. The molecule has 0 aromatic heterocycles. The van der Waals surface area contributed by atoms with Crippen molar-refractivity contribution in [2.75, 3.05) is 26.3 Å². The third kappa shape index (κ3) is 6.43. The van der Waals surface area contributed by atoms with Gasteiger partial charge in [0.15, 0.2) is 6.29 Å². The fourth-order valence-electron chi connectivity index (χ4n) is 3.36. The summed E-state index contributed by atoms with van der Waals surface area (Å²) in [6.45, 7) is 3.29. The SMILES string of the molecule is N#Cc1ccc([C@@H](O)CN(CCOC2CCCCO2)Cc2ccccc2)cc1. The Balaban J connectivity index is 1.58. The van der Waals surface area contributed by atoms with E-state index >= 15 is 0 Å². The fraction of sp³-hybridized carbons (Fsp3) is 0.435. The van der Waals surface area contributed by atoms with E-state index < -0.39 is 6.10 Å². The molecule has 5 heteroatoms. The minimum absolute atomic E-state index is 0.101. The molecule has 0 radical (unpaired) electrons. The summed E-state index contributed by atoms with van der Waals surface area (Å²) in [7, 11) is 0. The zero-order valence-corrected chi connectivity index (χ0v) is 16.2. The van der Waals surface area contributed by atoms with Crippen LogP contribution in [-0.4, -0.2) is 42.6 Å². The number of hydrogen-bond donors (Lipinski definition) is 1. The van der Waals surface area contributed by atoms with Crippen molar-refractivity contribution in [1.29, 1.82) is 5.26 Å². The molecule has 3 rings (SSSR count). The van der Waals surface area contributed by atoms with Crippen LogP contribution in [0.25, 0.3) is 0 Å². The van der Waals surface area contributed by atoms with E-state index in [2.05, 4.69) is 23.1 Å². The molecule has 1 aliphatic rings. The monoisotopic (exact) mass is 380 g/mol. The molecule has 1 saturated heterocycles. The van der Waals surface area contributed by atoms with Crippen molar-refractivity contribution in [2.24, 2.45) is 0 Å². The van der Waals surface area contributed by atoms with Gasteiger partial charge in [0.2, 0.25) is 0 Å². The molecule has 2 aromatic carbocycles. The Bertz CT molecular complexity index is 737. The molecule has 2 atom stereocenters. The van der Waals surface area contributed by atoms with Crippen LogP contribution in [0.2, 0.25) is 0 Å². The third-order valence-corrected chi connectivity index (χ3v) is 4.95. The number of benzene rings is 2. The van der Waals surface area contributed by atoms with Crippen LogP contribution in [0.3, 0.4) is 0 Å². The first kappa shape index (κ1) is 20.5. The van der Waals surface area contributed by atoms with Gasteiger partial charge in [-0.25, -0.2) is 0 Å². The molecule has 28 heavy (non-hydrogen) atoms. The van der Waals surface area contributed by atoms with Gasteiger partial charge in [-0.2, -0.15) is 5.26 Å². The van der Waals surface area contributed by atoms with E-state index in [1.54, 1.807) is 12.1 Å². The van der Waals surface area contributed by atoms with Crippen molar-refractivity contribution in [3.05, 3.63) is 71.3 Å². The van der Waals surface area contributed by atoms with Crippen molar-refractivity contribution in [1.82, 2.24) is 4.90 Å². The predicted octanol–water partition coefficient (Wildman–Crippen LogP) is 3.64. The van der Waals surface area contributed by atoms with Crippen molar-refractivity contribution in [2.45, 2.75) is 38.2 Å². The van der Waals surface area contributed by atoms with Crippen LogP contribution in [0.4, 0.5) is 0 Å². The maximum absolute atomic E-state index is 10.7. The molecule has 148 valence electrons. The molecule has 0 aliphatic carbocycles. The lowest BCUT2D eigenvalue weighted by atomic mass is 10.1. The Morgan fingerprint density at radius 2 is 1.93 bits per heavy atom. The maximum atomic E-state index is 10.7. The normalized spacial score (nSPS) is 18.0. The minimum Gasteiger partial charge on any atom is -0.387 e. The van der Waals surface area contributed by atoms with Crippen LogP contribution in [0, 0.1) is 11.3 Å². The van der Waals surface area contributed by atoms with E-state index in [4.69, 9.17) is 14.7 Å². The number of aliphatic hydroxyl groups excluding tert-OH is 1. The highest BCUT2D eigenvalue weighted by molar-refractivity contribution is 5.32. The van der Waals surface area contributed by atoms with Crippen molar-refractivity contribution >= 4 is 0 Å². The van der Waals surface area contributed by atoms with Crippen molar-refractivity contribution < 1.29 is 14.6 Å². The first-order valence-corrected chi connectivity index (χ1v) is 9.92. The summed E-state index contributed by atoms with van der Waals surface area (Å²) >= 11 is 0. The topological polar surface area (TPSA) is 65.7 Å². The molecule has 0 amide bonds. The summed E-state index contributed by atoms with van der Waals surface area (Å²) in [5.74, 6) is 0. The number of hydrogen-bond acceptors (Lipinski definition) is 5. The van der Waals surface area contributed by atoms with Crippen LogP contribution < -0.4 is 0 Å². The highest BCUT2D eigenvalue weighted by atomic mass is 16.7. The van der Waals surface area contributed by atoms with Gasteiger partial charge in [-0.15, -0.1) is 0 Å². The number of ether oxygens (including phenoxy) is 2. The standard InChI is InChI=1S/C23H28N2O3/c24-16-19-9-11-21(12-10-19)22(26)18-25(17-20-6-2-1-3-7-20)13-15-28-23-8-4-5-14-27-23/h1-3,6-7,9-12,22-23,26H,4-5,8,13-15,17-18H2/t22-,23?/m0/s1. The van der Waals surface area contributed by atoms with E-state index in [1.807, 2.05) is 30.3 Å². The highest BCUT2D eigenvalue weighted by Crippen LogP contribution is 2.18. The maximum Gasteiger partial charge on any atom is 0.157 e. The van der Waals surface area contributed by atoms with E-state index in [9.17, 15) is 5.11 Å². The molecule has 1 aliphatic heterocycles. The second-order valence-electron chi connectivity index (χ2n) is 7.14. The molecule has 1 heterocycles. The van der Waals surface area contributed by atoms with Crippen molar-refractivity contribution in [3.8, 4) is 6.07 Å². The highest BCUT2D eigenvalue weighted by Gasteiger charge is 2.17. The zero-order chi connectivity index (χ0) is 19.6. The molecule has 0 bridgehead atoms. The molecule has 2 aromatic rings. The Morgan fingerprint density at radius 1 is 1.14 bits per heavy atom. The number of nitriles is 1. The van der Waals surface area contributed by atoms with Crippen LogP contribution in [0.15, 0.2) is 54.6 Å². The van der Waals surface area contributed by atoms with Gasteiger partial charge in [-0.05, 0) is 42.5 Å².